The van der Waals surface area contributed by atoms with Crippen LogP contribution in [0.2, 0.25) is 0 Å². The maximum Gasteiger partial charge on any atom is 0.219 e. The fraction of sp³-hybridized carbons (Fsp3) is 0.167. The fourth-order valence-electron chi connectivity index (χ4n) is 1.06. The highest BCUT2D eigenvalue weighted by atomic mass is 16.3. The smallest absolute Gasteiger partial charge is 0.219 e. The van der Waals surface area contributed by atoms with Gasteiger partial charge in [0.15, 0.2) is 0 Å². The Hall–Kier alpha value is -2.14. The normalized spacial score (nSPS) is 11.2. The molecule has 0 saturated heterocycles. The lowest BCUT2D eigenvalue weighted by Gasteiger charge is -2.02. The van der Waals surface area contributed by atoms with Crippen LogP contribution in [-0.4, -0.2) is 20.2 Å². The molecule has 5 nitrogen and oxygen atoms in total. The highest BCUT2D eigenvalue weighted by molar-refractivity contribution is 5.26. The third-order valence-electron chi connectivity index (χ3n) is 1.96. The van der Waals surface area contributed by atoms with Gasteiger partial charge < -0.3 is 15.9 Å². The first-order chi connectivity index (χ1) is 8.09. The maximum absolute atomic E-state index is 9.03. The molecule has 2 aromatic rings. The number of nitrogens with zero attached hydrogens (tertiary/aromatic N) is 2. The number of nitrogen functional groups attached to an aromatic ring is 1. The number of aromatic hydroxyl groups is 1. The Kier molecular flexibility index (Phi) is 4.90. The van der Waals surface area contributed by atoms with Crippen molar-refractivity contribution < 1.29 is 10.2 Å². The molecule has 90 valence electrons. The van der Waals surface area contributed by atoms with Gasteiger partial charge in [-0.05, 0) is 30.7 Å². The van der Waals surface area contributed by atoms with Gasteiger partial charge in [-0.25, -0.2) is 9.97 Å². The van der Waals surface area contributed by atoms with Crippen LogP contribution in [0.1, 0.15) is 18.6 Å². The molecule has 0 amide bonds. The van der Waals surface area contributed by atoms with Crippen LogP contribution in [0.4, 0.5) is 5.95 Å². The van der Waals surface area contributed by atoms with Crippen molar-refractivity contribution in [1.29, 1.82) is 0 Å². The van der Waals surface area contributed by atoms with Crippen molar-refractivity contribution in [2.24, 2.45) is 0 Å². The second-order valence-corrected chi connectivity index (χ2v) is 3.37. The van der Waals surface area contributed by atoms with Gasteiger partial charge >= 0.3 is 0 Å². The Morgan fingerprint density at radius 2 is 1.65 bits per heavy atom. The van der Waals surface area contributed by atoms with E-state index in [1.54, 1.807) is 49.6 Å². The molecular weight excluding hydrogens is 218 g/mol. The van der Waals surface area contributed by atoms with Crippen LogP contribution >= 0.6 is 0 Å². The van der Waals surface area contributed by atoms with Crippen LogP contribution in [0, 0.1) is 0 Å². The Morgan fingerprint density at radius 3 is 2.00 bits per heavy atom. The summed E-state index contributed by atoms with van der Waals surface area (Å²) in [5, 5.41) is 17.9. The molecule has 0 aliphatic carbocycles. The van der Waals surface area contributed by atoms with Crippen LogP contribution < -0.4 is 5.73 Å². The minimum absolute atomic E-state index is 0.226. The zero-order chi connectivity index (χ0) is 12.7. The third kappa shape index (κ3) is 4.94. The van der Waals surface area contributed by atoms with Crippen molar-refractivity contribution in [3.05, 3.63) is 48.3 Å². The van der Waals surface area contributed by atoms with E-state index in [1.165, 1.54) is 0 Å². The third-order valence-corrected chi connectivity index (χ3v) is 1.96. The van der Waals surface area contributed by atoms with Crippen LogP contribution in [0.25, 0.3) is 0 Å². The number of hydrogen-bond acceptors (Lipinski definition) is 5. The number of anilines is 1. The predicted octanol–water partition coefficient (Wildman–Crippen LogP) is 1.50. The molecular formula is C12H15N3O2. The summed E-state index contributed by atoms with van der Waals surface area (Å²) in [5.41, 5.74) is 5.95. The van der Waals surface area contributed by atoms with Gasteiger partial charge in [-0.2, -0.15) is 0 Å². The molecule has 0 bridgehead atoms. The van der Waals surface area contributed by atoms with Crippen molar-refractivity contribution in [2.75, 3.05) is 5.73 Å². The summed E-state index contributed by atoms with van der Waals surface area (Å²) < 4.78 is 0. The van der Waals surface area contributed by atoms with E-state index in [4.69, 9.17) is 15.9 Å². The predicted molar refractivity (Wildman–Crippen MR) is 65.2 cm³/mol. The standard InChI is InChI=1S/C8H10O2.C4H5N3/c1-6(9)7-2-4-8(10)5-3-7;5-4-6-2-1-3-7-4/h2-6,9-10H,1H3;1-3H,(H2,5,6,7). The molecule has 5 heteroatoms. The average Bonchev–Trinajstić information content (AvgIpc) is 2.31. The number of phenols is 1. The molecule has 1 atom stereocenters. The van der Waals surface area contributed by atoms with Gasteiger partial charge in [-0.3, -0.25) is 0 Å². The van der Waals surface area contributed by atoms with Gasteiger partial charge in [0, 0.05) is 12.4 Å². The van der Waals surface area contributed by atoms with E-state index in [1.807, 2.05) is 0 Å². The zero-order valence-corrected chi connectivity index (χ0v) is 9.49. The molecule has 0 fully saturated rings. The molecule has 17 heavy (non-hydrogen) atoms. The second-order valence-electron chi connectivity index (χ2n) is 3.37. The first kappa shape index (κ1) is 12.9. The van der Waals surface area contributed by atoms with E-state index in [0.717, 1.165) is 5.56 Å². The highest BCUT2D eigenvalue weighted by Crippen LogP contribution is 2.15. The Balaban J connectivity index is 0.000000181. The molecule has 1 aromatic heterocycles. The zero-order valence-electron chi connectivity index (χ0n) is 9.49. The number of aromatic nitrogens is 2. The summed E-state index contributed by atoms with van der Waals surface area (Å²) in [6.07, 6.45) is 2.74. The van der Waals surface area contributed by atoms with Gasteiger partial charge in [-0.15, -0.1) is 0 Å². The topological polar surface area (TPSA) is 92.3 Å². The number of phenolic OH excluding ortho intramolecular Hbond substituents is 1. The van der Waals surface area contributed by atoms with E-state index >= 15 is 0 Å². The number of aliphatic hydroxyl groups excluding tert-OH is 1. The van der Waals surface area contributed by atoms with E-state index in [0.29, 0.717) is 5.95 Å². The van der Waals surface area contributed by atoms with Crippen molar-refractivity contribution in [2.45, 2.75) is 13.0 Å². The SMILES string of the molecule is CC(O)c1ccc(O)cc1.Nc1ncccn1. The molecule has 1 heterocycles. The summed E-state index contributed by atoms with van der Waals surface area (Å²) in [6.45, 7) is 1.69. The molecule has 0 aliphatic heterocycles. The van der Waals surface area contributed by atoms with E-state index < -0.39 is 6.10 Å². The maximum atomic E-state index is 9.03. The van der Waals surface area contributed by atoms with E-state index in [-0.39, 0.29) is 5.75 Å². The van der Waals surface area contributed by atoms with Gasteiger partial charge in [0.05, 0.1) is 6.10 Å². The van der Waals surface area contributed by atoms with Crippen LogP contribution in [0.15, 0.2) is 42.7 Å². The molecule has 0 spiro atoms. The average molecular weight is 233 g/mol. The van der Waals surface area contributed by atoms with Gasteiger partial charge in [0.2, 0.25) is 5.95 Å². The lowest BCUT2D eigenvalue weighted by Crippen LogP contribution is -1.90. The quantitative estimate of drug-likeness (QED) is 0.694. The van der Waals surface area contributed by atoms with Crippen LogP contribution in [-0.2, 0) is 0 Å². The molecule has 0 saturated carbocycles. The largest absolute Gasteiger partial charge is 0.508 e. The monoisotopic (exact) mass is 233 g/mol. The molecule has 4 N–H and O–H groups in total. The van der Waals surface area contributed by atoms with Gasteiger partial charge in [0.25, 0.3) is 0 Å². The summed E-state index contributed by atoms with van der Waals surface area (Å²) in [5.74, 6) is 0.548. The Bertz CT molecular complexity index is 429. The van der Waals surface area contributed by atoms with Crippen molar-refractivity contribution >= 4 is 5.95 Å². The van der Waals surface area contributed by atoms with E-state index in [9.17, 15) is 0 Å². The number of rotatable bonds is 1. The van der Waals surface area contributed by atoms with Crippen molar-refractivity contribution in [3.8, 4) is 5.75 Å². The first-order valence-electron chi connectivity index (χ1n) is 5.09. The fourth-order valence-corrected chi connectivity index (χ4v) is 1.06. The number of nitrogens with two attached hydrogens (primary N) is 1. The lowest BCUT2D eigenvalue weighted by molar-refractivity contribution is 0.199. The minimum Gasteiger partial charge on any atom is -0.508 e. The molecule has 2 rings (SSSR count). The number of benzene rings is 1. The summed E-state index contributed by atoms with van der Waals surface area (Å²) >= 11 is 0. The Labute approximate surface area is 99.6 Å². The number of hydrogen-bond donors (Lipinski definition) is 3. The first-order valence-corrected chi connectivity index (χ1v) is 5.09. The summed E-state index contributed by atoms with van der Waals surface area (Å²) in [7, 11) is 0. The minimum atomic E-state index is -0.458. The van der Waals surface area contributed by atoms with Crippen LogP contribution in [0.3, 0.4) is 0 Å². The molecule has 0 aliphatic rings. The summed E-state index contributed by atoms with van der Waals surface area (Å²) in [6, 6.07) is 8.22. The molecule has 1 unspecified atom stereocenters. The van der Waals surface area contributed by atoms with Crippen molar-refractivity contribution in [3.63, 3.8) is 0 Å². The lowest BCUT2D eigenvalue weighted by atomic mass is 10.1. The number of aliphatic hydroxyl groups is 1. The van der Waals surface area contributed by atoms with Gasteiger partial charge in [-0.1, -0.05) is 12.1 Å². The highest BCUT2D eigenvalue weighted by Gasteiger charge is 1.97. The van der Waals surface area contributed by atoms with Gasteiger partial charge in [0.1, 0.15) is 5.75 Å². The molecule has 1 aromatic carbocycles. The summed E-state index contributed by atoms with van der Waals surface area (Å²) in [4.78, 5) is 7.29. The second kappa shape index (κ2) is 6.44. The van der Waals surface area contributed by atoms with Crippen LogP contribution in [0.5, 0.6) is 5.75 Å². The van der Waals surface area contributed by atoms with E-state index in [2.05, 4.69) is 9.97 Å². The molecule has 0 radical (unpaired) electrons. The van der Waals surface area contributed by atoms with Crippen molar-refractivity contribution in [1.82, 2.24) is 9.97 Å². The Morgan fingerprint density at radius 1 is 1.12 bits per heavy atom.